The minimum Gasteiger partial charge on any atom is -0.508 e. The van der Waals surface area contributed by atoms with E-state index in [4.69, 9.17) is 28.6 Å². The molecule has 1 heterocycles. The summed E-state index contributed by atoms with van der Waals surface area (Å²) in [5.41, 5.74) is 0.325. The molecule has 2 atom stereocenters. The van der Waals surface area contributed by atoms with Gasteiger partial charge in [-0.15, -0.1) is 23.2 Å². The van der Waals surface area contributed by atoms with Gasteiger partial charge in [-0.3, -0.25) is 19.8 Å². The van der Waals surface area contributed by atoms with Crippen LogP contribution in [0.1, 0.15) is 31.7 Å². The predicted octanol–water partition coefficient (Wildman–Crippen LogP) is 2.06. The topological polar surface area (TPSA) is 123 Å². The van der Waals surface area contributed by atoms with Crippen molar-refractivity contribution in [3.05, 3.63) is 23.8 Å². The van der Waals surface area contributed by atoms with Crippen LogP contribution in [-0.2, 0) is 14.4 Å². The Morgan fingerprint density at radius 2 is 2.03 bits per heavy atom. The molecule has 162 valence electrons. The number of aromatic hydroxyl groups is 1. The average Bonchev–Trinajstić information content (AvgIpc) is 3.07. The van der Waals surface area contributed by atoms with Crippen molar-refractivity contribution < 1.29 is 19.5 Å². The van der Waals surface area contributed by atoms with Crippen LogP contribution >= 0.6 is 23.2 Å². The molecule has 1 aliphatic carbocycles. The van der Waals surface area contributed by atoms with E-state index < -0.39 is 16.2 Å². The van der Waals surface area contributed by atoms with Gasteiger partial charge in [0.1, 0.15) is 21.8 Å². The van der Waals surface area contributed by atoms with Crippen LogP contribution in [0.3, 0.4) is 0 Å². The lowest BCUT2D eigenvalue weighted by molar-refractivity contribution is -0.137. The quantitative estimate of drug-likeness (QED) is 0.272. The maximum atomic E-state index is 12.7. The van der Waals surface area contributed by atoms with Gasteiger partial charge in [-0.25, -0.2) is 0 Å². The second-order valence-corrected chi connectivity index (χ2v) is 9.21. The van der Waals surface area contributed by atoms with E-state index in [1.54, 1.807) is 0 Å². The van der Waals surface area contributed by atoms with Crippen molar-refractivity contribution in [3.63, 3.8) is 0 Å². The van der Waals surface area contributed by atoms with Crippen molar-refractivity contribution in [1.29, 1.82) is 5.41 Å². The second-order valence-electron chi connectivity index (χ2n) is 7.67. The summed E-state index contributed by atoms with van der Waals surface area (Å²) in [4.78, 5) is 38.4. The van der Waals surface area contributed by atoms with Crippen LogP contribution in [0, 0.1) is 11.3 Å². The number of carbonyl (C=O) groups excluding carboxylic acids is 3. The van der Waals surface area contributed by atoms with Gasteiger partial charge in [-0.1, -0.05) is 0 Å². The number of hydrogen-bond donors (Lipinski definition) is 4. The zero-order valence-corrected chi connectivity index (χ0v) is 18.0. The van der Waals surface area contributed by atoms with Crippen LogP contribution in [-0.4, -0.2) is 63.3 Å². The Balaban J connectivity index is 1.60. The van der Waals surface area contributed by atoms with Crippen molar-refractivity contribution in [2.24, 2.45) is 5.92 Å². The average molecular weight is 455 g/mol. The number of Topliss-reactive ketones (excluding diaryl/α,β-unsaturated/α-hetero) is 1. The van der Waals surface area contributed by atoms with Gasteiger partial charge < -0.3 is 20.6 Å². The molecule has 8 nitrogen and oxygen atoms in total. The molecule has 10 heteroatoms. The largest absolute Gasteiger partial charge is 0.508 e. The number of carbonyl (C=O) groups is 3. The minimum atomic E-state index is -0.766. The number of halogens is 2. The van der Waals surface area contributed by atoms with E-state index in [0.29, 0.717) is 31.6 Å². The predicted molar refractivity (Wildman–Crippen MR) is 114 cm³/mol. The standard InChI is InChI=1S/C20H24Cl2N4O4/c1-11(27)18(23)14-7-13(28)4-5-15(14)24-10-17(29)26-6-2-3-16(26)19(30)25-9-12-8-20(12,21)22/h4-5,7,12,16,23-24,28H,2-3,6,8-10H2,1H3,(H,25,30). The first kappa shape index (κ1) is 22.4. The molecule has 30 heavy (non-hydrogen) atoms. The van der Waals surface area contributed by atoms with Crippen molar-refractivity contribution >= 4 is 52.2 Å². The van der Waals surface area contributed by atoms with Crippen LogP contribution in [0.2, 0.25) is 0 Å². The van der Waals surface area contributed by atoms with Gasteiger partial charge in [0, 0.05) is 37.2 Å². The van der Waals surface area contributed by atoms with Crippen molar-refractivity contribution in [3.8, 4) is 5.75 Å². The van der Waals surface area contributed by atoms with Crippen LogP contribution < -0.4 is 10.6 Å². The molecule has 3 rings (SSSR count). The van der Waals surface area contributed by atoms with E-state index in [0.717, 1.165) is 6.42 Å². The van der Waals surface area contributed by atoms with Crippen molar-refractivity contribution in [2.45, 2.75) is 36.6 Å². The van der Waals surface area contributed by atoms with E-state index in [1.165, 1.54) is 30.0 Å². The molecular formula is C20H24Cl2N4O4. The lowest BCUT2D eigenvalue weighted by Gasteiger charge is -2.24. The maximum absolute atomic E-state index is 12.7. The fourth-order valence-corrected chi connectivity index (χ4v) is 4.05. The third kappa shape index (κ3) is 5.05. The number of phenols is 1. The highest BCUT2D eigenvalue weighted by Gasteiger charge is 2.51. The van der Waals surface area contributed by atoms with Gasteiger partial charge in [0.05, 0.1) is 6.54 Å². The molecule has 2 fully saturated rings. The van der Waals surface area contributed by atoms with Crippen LogP contribution in [0.15, 0.2) is 18.2 Å². The normalized spacial score (nSPS) is 21.8. The molecule has 0 bridgehead atoms. The number of alkyl halides is 2. The first-order valence-electron chi connectivity index (χ1n) is 9.72. The number of phenolic OH excluding ortho intramolecular Hbond substituents is 1. The van der Waals surface area contributed by atoms with E-state index in [1.807, 2.05) is 0 Å². The molecule has 2 amide bonds. The molecule has 1 aromatic carbocycles. The van der Waals surface area contributed by atoms with Gasteiger partial charge in [-0.05, 0) is 37.5 Å². The van der Waals surface area contributed by atoms with E-state index in [-0.39, 0.29) is 41.3 Å². The van der Waals surface area contributed by atoms with Crippen LogP contribution in [0.5, 0.6) is 5.75 Å². The highest BCUT2D eigenvalue weighted by molar-refractivity contribution is 6.50. The summed E-state index contributed by atoms with van der Waals surface area (Å²) in [6.07, 6.45) is 1.94. The number of nitrogens with zero attached hydrogens (tertiary/aromatic N) is 1. The summed E-state index contributed by atoms with van der Waals surface area (Å²) in [5.74, 6) is -1.00. The molecule has 1 saturated carbocycles. The van der Waals surface area contributed by atoms with Crippen molar-refractivity contribution in [1.82, 2.24) is 10.2 Å². The van der Waals surface area contributed by atoms with E-state index in [9.17, 15) is 19.5 Å². The Morgan fingerprint density at radius 1 is 1.33 bits per heavy atom. The number of rotatable bonds is 8. The third-order valence-corrected chi connectivity index (χ3v) is 6.33. The fraction of sp³-hybridized carbons (Fsp3) is 0.500. The first-order chi connectivity index (χ1) is 14.1. The molecule has 4 N–H and O–H groups in total. The zero-order valence-electron chi connectivity index (χ0n) is 16.5. The summed E-state index contributed by atoms with van der Waals surface area (Å²) in [5, 5.41) is 23.3. The van der Waals surface area contributed by atoms with Crippen LogP contribution in [0.4, 0.5) is 5.69 Å². The molecule has 2 unspecified atom stereocenters. The minimum absolute atomic E-state index is 0.0292. The monoisotopic (exact) mass is 454 g/mol. The number of amides is 2. The number of benzene rings is 1. The number of anilines is 1. The summed E-state index contributed by atoms with van der Waals surface area (Å²) >= 11 is 12.0. The molecule has 0 aromatic heterocycles. The molecule has 2 aliphatic rings. The van der Waals surface area contributed by atoms with Crippen molar-refractivity contribution in [2.75, 3.05) is 25.0 Å². The highest BCUT2D eigenvalue weighted by Crippen LogP contribution is 2.52. The lowest BCUT2D eigenvalue weighted by Crippen LogP contribution is -2.48. The molecule has 0 radical (unpaired) electrons. The lowest BCUT2D eigenvalue weighted by atomic mass is 10.0. The summed E-state index contributed by atoms with van der Waals surface area (Å²) in [6, 6.07) is 3.66. The Morgan fingerprint density at radius 3 is 2.67 bits per heavy atom. The Hall–Kier alpha value is -2.32. The molecule has 1 aromatic rings. The number of nitrogens with one attached hydrogen (secondary N) is 3. The maximum Gasteiger partial charge on any atom is 0.242 e. The van der Waals surface area contributed by atoms with Gasteiger partial charge in [0.2, 0.25) is 11.8 Å². The molecule has 1 saturated heterocycles. The highest BCUT2D eigenvalue weighted by atomic mass is 35.5. The fourth-order valence-electron chi connectivity index (χ4n) is 3.53. The molecular weight excluding hydrogens is 431 g/mol. The van der Waals surface area contributed by atoms with Gasteiger partial charge in [-0.2, -0.15) is 0 Å². The summed E-state index contributed by atoms with van der Waals surface area (Å²) in [6.45, 7) is 2.01. The van der Waals surface area contributed by atoms with E-state index >= 15 is 0 Å². The first-order valence-corrected chi connectivity index (χ1v) is 10.5. The summed E-state index contributed by atoms with van der Waals surface area (Å²) in [7, 11) is 0. The number of likely N-dealkylation sites (tertiary alicyclic amines) is 1. The SMILES string of the molecule is CC(=O)C(=N)c1cc(O)ccc1NCC(=O)N1CCCC1C(=O)NCC1CC1(Cl)Cl. The van der Waals surface area contributed by atoms with Gasteiger partial charge in [0.15, 0.2) is 5.78 Å². The van der Waals surface area contributed by atoms with Gasteiger partial charge in [0.25, 0.3) is 0 Å². The Kier molecular flexibility index (Phi) is 6.57. The smallest absolute Gasteiger partial charge is 0.242 e. The zero-order chi connectivity index (χ0) is 22.1. The Labute approximate surface area is 184 Å². The molecule has 1 aliphatic heterocycles. The van der Waals surface area contributed by atoms with Crippen LogP contribution in [0.25, 0.3) is 0 Å². The molecule has 0 spiro atoms. The third-order valence-electron chi connectivity index (χ3n) is 5.41. The number of ketones is 1. The number of hydrogen-bond acceptors (Lipinski definition) is 6. The van der Waals surface area contributed by atoms with Gasteiger partial charge >= 0.3 is 0 Å². The second kappa shape index (κ2) is 8.81. The summed E-state index contributed by atoms with van der Waals surface area (Å²) < 4.78 is -0.766. The van der Waals surface area contributed by atoms with E-state index in [2.05, 4.69) is 10.6 Å². The Bertz CT molecular complexity index is 890.